The number of hydrogen-bond donors (Lipinski definition) is 2. The van der Waals surface area contributed by atoms with Gasteiger partial charge < -0.3 is 10.4 Å². The Bertz CT molecular complexity index is 1260. The van der Waals surface area contributed by atoms with Gasteiger partial charge in [0.25, 0.3) is 5.91 Å². The Balaban J connectivity index is 1.62. The standard InChI is InChI=1S/C25H20N2O3S/c1-16-9-11-18(12-10-16)24(30)26-20-6-4-5-17(14-20)13-19(15-23(28)29)25-27-21-7-2-3-8-22(21)31-25/h2-14H,15H2,1H3,(H,26,30)(H,28,29). The van der Waals surface area contributed by atoms with Gasteiger partial charge >= 0.3 is 5.97 Å². The summed E-state index contributed by atoms with van der Waals surface area (Å²) in [5.74, 6) is -1.12. The molecule has 0 fully saturated rings. The summed E-state index contributed by atoms with van der Waals surface area (Å²) in [6.07, 6.45) is 1.67. The molecule has 6 heteroatoms. The predicted molar refractivity (Wildman–Crippen MR) is 125 cm³/mol. The molecule has 0 saturated heterocycles. The molecule has 154 valence electrons. The lowest BCUT2D eigenvalue weighted by Gasteiger charge is -2.07. The molecule has 0 spiro atoms. The van der Waals surface area contributed by atoms with E-state index in [0.29, 0.717) is 21.8 Å². The zero-order valence-corrected chi connectivity index (χ0v) is 17.6. The van der Waals surface area contributed by atoms with Crippen molar-refractivity contribution in [3.63, 3.8) is 0 Å². The molecule has 2 N–H and O–H groups in total. The Kier molecular flexibility index (Phi) is 5.91. The highest BCUT2D eigenvalue weighted by molar-refractivity contribution is 7.19. The van der Waals surface area contributed by atoms with E-state index in [4.69, 9.17) is 0 Å². The summed E-state index contributed by atoms with van der Waals surface area (Å²) < 4.78 is 1.01. The number of aromatic nitrogens is 1. The molecular weight excluding hydrogens is 408 g/mol. The SMILES string of the molecule is Cc1ccc(C(=O)Nc2cccc(C=C(CC(=O)O)c3nc4ccccc4s3)c2)cc1. The van der Waals surface area contributed by atoms with Crippen LogP contribution in [0.25, 0.3) is 21.9 Å². The third-order valence-corrected chi connectivity index (χ3v) is 5.82. The van der Waals surface area contributed by atoms with E-state index in [9.17, 15) is 14.7 Å². The lowest BCUT2D eigenvalue weighted by molar-refractivity contribution is -0.135. The first-order valence-electron chi connectivity index (χ1n) is 9.74. The molecule has 3 aromatic carbocycles. The van der Waals surface area contributed by atoms with Crippen molar-refractivity contribution >= 4 is 50.8 Å². The van der Waals surface area contributed by atoms with Gasteiger partial charge in [0, 0.05) is 11.3 Å². The van der Waals surface area contributed by atoms with Crippen molar-refractivity contribution in [2.45, 2.75) is 13.3 Å². The van der Waals surface area contributed by atoms with Crippen molar-refractivity contribution in [2.75, 3.05) is 5.32 Å². The number of carboxylic acids is 1. The van der Waals surface area contributed by atoms with Gasteiger partial charge in [-0.3, -0.25) is 9.59 Å². The van der Waals surface area contributed by atoms with Crippen molar-refractivity contribution in [1.29, 1.82) is 0 Å². The number of carboxylic acid groups (broad SMARTS) is 1. The maximum absolute atomic E-state index is 12.5. The van der Waals surface area contributed by atoms with Crippen molar-refractivity contribution in [3.8, 4) is 0 Å². The number of aliphatic carboxylic acids is 1. The topological polar surface area (TPSA) is 79.3 Å². The van der Waals surface area contributed by atoms with E-state index in [0.717, 1.165) is 21.3 Å². The second-order valence-electron chi connectivity index (χ2n) is 7.17. The van der Waals surface area contributed by atoms with Crippen molar-refractivity contribution in [3.05, 3.63) is 94.5 Å². The van der Waals surface area contributed by atoms with Gasteiger partial charge in [-0.05, 0) is 60.5 Å². The molecule has 0 atom stereocenters. The van der Waals surface area contributed by atoms with E-state index < -0.39 is 5.97 Å². The van der Waals surface area contributed by atoms with Crippen LogP contribution in [-0.2, 0) is 4.79 Å². The van der Waals surface area contributed by atoms with E-state index in [-0.39, 0.29) is 12.3 Å². The third-order valence-electron chi connectivity index (χ3n) is 4.71. The van der Waals surface area contributed by atoms with Gasteiger partial charge in [-0.25, -0.2) is 4.98 Å². The second-order valence-corrected chi connectivity index (χ2v) is 8.20. The number of nitrogens with zero attached hydrogens (tertiary/aromatic N) is 1. The molecular formula is C25H20N2O3S. The number of amides is 1. The van der Waals surface area contributed by atoms with Gasteiger partial charge in [0.1, 0.15) is 5.01 Å². The highest BCUT2D eigenvalue weighted by atomic mass is 32.1. The number of anilines is 1. The molecule has 4 rings (SSSR count). The minimum atomic E-state index is -0.922. The number of benzene rings is 3. The molecule has 0 saturated carbocycles. The Morgan fingerprint density at radius 2 is 1.81 bits per heavy atom. The minimum Gasteiger partial charge on any atom is -0.481 e. The fourth-order valence-corrected chi connectivity index (χ4v) is 4.16. The van der Waals surface area contributed by atoms with Crippen LogP contribution in [0.3, 0.4) is 0 Å². The lowest BCUT2D eigenvalue weighted by atomic mass is 10.1. The van der Waals surface area contributed by atoms with Crippen LogP contribution in [0.15, 0.2) is 72.8 Å². The van der Waals surface area contributed by atoms with Gasteiger partial charge in [-0.2, -0.15) is 0 Å². The molecule has 1 aromatic heterocycles. The molecule has 0 aliphatic rings. The average Bonchev–Trinajstić information content (AvgIpc) is 3.18. The van der Waals surface area contributed by atoms with Crippen LogP contribution in [0.4, 0.5) is 5.69 Å². The summed E-state index contributed by atoms with van der Waals surface area (Å²) in [5, 5.41) is 13.0. The Morgan fingerprint density at radius 3 is 2.55 bits per heavy atom. The zero-order valence-electron chi connectivity index (χ0n) is 16.8. The summed E-state index contributed by atoms with van der Waals surface area (Å²) in [6, 6.07) is 22.4. The number of hydrogen-bond acceptors (Lipinski definition) is 4. The van der Waals surface area contributed by atoms with Gasteiger partial charge in [0.05, 0.1) is 16.6 Å². The van der Waals surface area contributed by atoms with Crippen LogP contribution >= 0.6 is 11.3 Å². The van der Waals surface area contributed by atoms with E-state index >= 15 is 0 Å². The fourth-order valence-electron chi connectivity index (χ4n) is 3.18. The van der Waals surface area contributed by atoms with Gasteiger partial charge in [-0.1, -0.05) is 42.0 Å². The van der Waals surface area contributed by atoms with Crippen LogP contribution in [0.5, 0.6) is 0 Å². The van der Waals surface area contributed by atoms with Crippen molar-refractivity contribution < 1.29 is 14.7 Å². The molecule has 0 unspecified atom stereocenters. The largest absolute Gasteiger partial charge is 0.481 e. The number of thiazole rings is 1. The molecule has 1 amide bonds. The Hall–Kier alpha value is -3.77. The maximum atomic E-state index is 12.5. The molecule has 0 radical (unpaired) electrons. The first-order chi connectivity index (χ1) is 15.0. The molecule has 4 aromatic rings. The quantitative estimate of drug-likeness (QED) is 0.402. The number of aryl methyl sites for hydroxylation is 1. The minimum absolute atomic E-state index is 0.139. The third kappa shape index (κ3) is 5.05. The molecule has 0 aliphatic carbocycles. The first kappa shape index (κ1) is 20.5. The van der Waals surface area contributed by atoms with E-state index in [2.05, 4.69) is 10.3 Å². The van der Waals surface area contributed by atoms with Gasteiger partial charge in [-0.15, -0.1) is 11.3 Å². The summed E-state index contributed by atoms with van der Waals surface area (Å²) >= 11 is 1.47. The van der Waals surface area contributed by atoms with Crippen LogP contribution in [-0.4, -0.2) is 22.0 Å². The smallest absolute Gasteiger partial charge is 0.307 e. The normalized spacial score (nSPS) is 11.5. The summed E-state index contributed by atoms with van der Waals surface area (Å²) in [6.45, 7) is 1.97. The summed E-state index contributed by atoms with van der Waals surface area (Å²) in [5.41, 5.74) is 4.56. The first-order valence-corrected chi connectivity index (χ1v) is 10.6. The van der Waals surface area contributed by atoms with E-state index in [1.165, 1.54) is 11.3 Å². The summed E-state index contributed by atoms with van der Waals surface area (Å²) in [4.78, 5) is 28.6. The Labute approximate surface area is 183 Å². The lowest BCUT2D eigenvalue weighted by Crippen LogP contribution is -2.11. The fraction of sp³-hybridized carbons (Fsp3) is 0.0800. The van der Waals surface area contributed by atoms with Crippen molar-refractivity contribution in [2.24, 2.45) is 0 Å². The highest BCUT2D eigenvalue weighted by Gasteiger charge is 2.13. The molecule has 5 nitrogen and oxygen atoms in total. The summed E-state index contributed by atoms with van der Waals surface area (Å²) in [7, 11) is 0. The number of carbonyl (C=O) groups is 2. The van der Waals surface area contributed by atoms with Crippen LogP contribution in [0.2, 0.25) is 0 Å². The van der Waals surface area contributed by atoms with Crippen molar-refractivity contribution in [1.82, 2.24) is 4.98 Å². The molecule has 0 aliphatic heterocycles. The maximum Gasteiger partial charge on any atom is 0.307 e. The van der Waals surface area contributed by atoms with Crippen LogP contribution < -0.4 is 5.32 Å². The van der Waals surface area contributed by atoms with E-state index in [1.54, 1.807) is 18.2 Å². The Morgan fingerprint density at radius 1 is 1.03 bits per heavy atom. The average molecular weight is 429 g/mol. The number of carbonyl (C=O) groups excluding carboxylic acids is 1. The zero-order chi connectivity index (χ0) is 21.8. The monoisotopic (exact) mass is 428 g/mol. The predicted octanol–water partition coefficient (Wildman–Crippen LogP) is 5.87. The highest BCUT2D eigenvalue weighted by Crippen LogP contribution is 2.30. The van der Waals surface area contributed by atoms with Crippen LogP contribution in [0, 0.1) is 6.92 Å². The number of rotatable bonds is 6. The number of para-hydroxylation sites is 1. The molecule has 1 heterocycles. The second kappa shape index (κ2) is 8.93. The molecule has 0 bridgehead atoms. The number of nitrogens with one attached hydrogen (secondary N) is 1. The van der Waals surface area contributed by atoms with E-state index in [1.807, 2.05) is 67.6 Å². The van der Waals surface area contributed by atoms with Gasteiger partial charge in [0.15, 0.2) is 0 Å². The molecule has 31 heavy (non-hydrogen) atoms. The van der Waals surface area contributed by atoms with Gasteiger partial charge in [0.2, 0.25) is 0 Å². The van der Waals surface area contributed by atoms with Crippen LogP contribution in [0.1, 0.15) is 32.9 Å². The number of fused-ring (bicyclic) bond motifs is 1.